The Hall–Kier alpha value is -3.49. The highest BCUT2D eigenvalue weighted by molar-refractivity contribution is 8.02. The Labute approximate surface area is 205 Å². The third-order valence-corrected chi connectivity index (χ3v) is 7.60. The number of carbonyl (C=O) groups excluding carboxylic acids is 3. The van der Waals surface area contributed by atoms with Crippen molar-refractivity contribution in [3.63, 3.8) is 0 Å². The van der Waals surface area contributed by atoms with Crippen LogP contribution in [0.2, 0.25) is 0 Å². The number of anilines is 2. The highest BCUT2D eigenvalue weighted by Crippen LogP contribution is 2.35. The van der Waals surface area contributed by atoms with Crippen LogP contribution in [0.15, 0.2) is 77.1 Å². The number of thioether (sulfide) groups is 1. The second-order valence-corrected chi connectivity index (χ2v) is 10.1. The number of ketones is 1. The maximum absolute atomic E-state index is 12.8. The lowest BCUT2D eigenvalue weighted by Crippen LogP contribution is -2.24. The quantitative estimate of drug-likeness (QED) is 0.225. The van der Waals surface area contributed by atoms with Crippen LogP contribution in [0.1, 0.15) is 41.0 Å². The minimum Gasteiger partial charge on any atom is -0.325 e. The van der Waals surface area contributed by atoms with Gasteiger partial charge in [-0.3, -0.25) is 14.4 Å². The number of hydrogen-bond donors (Lipinski definition) is 2. The van der Waals surface area contributed by atoms with Gasteiger partial charge in [0.05, 0.1) is 15.5 Å². The molecule has 2 N–H and O–H groups in total. The summed E-state index contributed by atoms with van der Waals surface area (Å²) in [5.74, 6) is -0.297. The molecule has 0 aliphatic heterocycles. The molecule has 0 fully saturated rings. The molecule has 3 aromatic carbocycles. The average Bonchev–Trinajstić information content (AvgIpc) is 3.25. The van der Waals surface area contributed by atoms with Crippen molar-refractivity contribution in [2.45, 2.75) is 29.9 Å². The fraction of sp³-hybridized carbons (Fsp3) is 0.154. The molecule has 1 unspecified atom stereocenters. The van der Waals surface area contributed by atoms with Crippen LogP contribution in [0.3, 0.4) is 0 Å². The minimum absolute atomic E-state index is 0.0153. The van der Waals surface area contributed by atoms with E-state index < -0.39 is 0 Å². The molecule has 172 valence electrons. The van der Waals surface area contributed by atoms with Crippen LogP contribution in [-0.4, -0.2) is 27.8 Å². The predicted molar refractivity (Wildman–Crippen MR) is 139 cm³/mol. The van der Waals surface area contributed by atoms with Crippen molar-refractivity contribution in [2.24, 2.45) is 0 Å². The lowest BCUT2D eigenvalue weighted by molar-refractivity contribution is -0.115. The third-order valence-electron chi connectivity index (χ3n) is 5.13. The van der Waals surface area contributed by atoms with Crippen molar-refractivity contribution >= 4 is 62.3 Å². The first-order valence-corrected chi connectivity index (χ1v) is 12.5. The van der Waals surface area contributed by atoms with Gasteiger partial charge < -0.3 is 10.6 Å². The summed E-state index contributed by atoms with van der Waals surface area (Å²) in [6, 6.07) is 21.5. The fourth-order valence-electron chi connectivity index (χ4n) is 3.28. The van der Waals surface area contributed by atoms with E-state index in [1.807, 2.05) is 43.3 Å². The first-order chi connectivity index (χ1) is 16.4. The van der Waals surface area contributed by atoms with E-state index in [0.717, 1.165) is 14.6 Å². The fourth-order valence-corrected chi connectivity index (χ4v) is 5.55. The van der Waals surface area contributed by atoms with Crippen LogP contribution in [0.4, 0.5) is 11.4 Å². The Morgan fingerprint density at radius 3 is 2.29 bits per heavy atom. The number of aromatic nitrogens is 1. The molecule has 4 aromatic rings. The lowest BCUT2D eigenvalue weighted by Gasteiger charge is -2.13. The number of nitrogens with one attached hydrogen (secondary N) is 2. The van der Waals surface area contributed by atoms with Gasteiger partial charge in [0.15, 0.2) is 10.1 Å². The summed E-state index contributed by atoms with van der Waals surface area (Å²) in [5, 5.41) is 5.52. The third kappa shape index (κ3) is 5.70. The number of Topliss-reactive ketones (excluding diaryl/α,β-unsaturated/α-hetero) is 1. The molecule has 0 spiro atoms. The summed E-state index contributed by atoms with van der Waals surface area (Å²) in [7, 11) is 0. The molecular weight excluding hydrogens is 466 g/mol. The van der Waals surface area contributed by atoms with E-state index in [4.69, 9.17) is 0 Å². The van der Waals surface area contributed by atoms with Gasteiger partial charge in [-0.25, -0.2) is 4.98 Å². The van der Waals surface area contributed by atoms with Crippen LogP contribution < -0.4 is 10.6 Å². The van der Waals surface area contributed by atoms with E-state index in [9.17, 15) is 14.4 Å². The Bertz CT molecular complexity index is 1330. The van der Waals surface area contributed by atoms with E-state index in [-0.39, 0.29) is 22.8 Å². The van der Waals surface area contributed by atoms with Crippen molar-refractivity contribution in [1.82, 2.24) is 4.98 Å². The largest absolute Gasteiger partial charge is 0.325 e. The zero-order valence-corrected chi connectivity index (χ0v) is 20.3. The van der Waals surface area contributed by atoms with E-state index in [1.54, 1.807) is 36.4 Å². The number of hydrogen-bond acceptors (Lipinski definition) is 6. The molecular formula is C26H23N3O3S2. The molecule has 6 nitrogen and oxygen atoms in total. The van der Waals surface area contributed by atoms with E-state index in [0.29, 0.717) is 28.9 Å². The number of amides is 2. The van der Waals surface area contributed by atoms with Crippen LogP contribution >= 0.6 is 23.1 Å². The van der Waals surface area contributed by atoms with Gasteiger partial charge in [-0.2, -0.15) is 0 Å². The molecule has 8 heteroatoms. The van der Waals surface area contributed by atoms with E-state index >= 15 is 0 Å². The van der Waals surface area contributed by atoms with Gasteiger partial charge in [0.1, 0.15) is 0 Å². The van der Waals surface area contributed by atoms with E-state index in [1.165, 1.54) is 30.0 Å². The topological polar surface area (TPSA) is 88.2 Å². The van der Waals surface area contributed by atoms with Gasteiger partial charge in [0.25, 0.3) is 5.91 Å². The summed E-state index contributed by atoms with van der Waals surface area (Å²) in [6.07, 6.45) is 0.635. The Morgan fingerprint density at radius 2 is 1.62 bits per heavy atom. The lowest BCUT2D eigenvalue weighted by atomic mass is 10.1. The Balaban J connectivity index is 1.43. The molecule has 4 rings (SSSR count). The highest BCUT2D eigenvalue weighted by atomic mass is 32.2. The van der Waals surface area contributed by atoms with Gasteiger partial charge in [-0.05, 0) is 67.9 Å². The molecule has 0 radical (unpaired) electrons. The maximum Gasteiger partial charge on any atom is 0.255 e. The summed E-state index contributed by atoms with van der Waals surface area (Å²) in [5.41, 5.74) is 3.36. The van der Waals surface area contributed by atoms with Gasteiger partial charge in [0, 0.05) is 22.5 Å². The molecule has 1 aromatic heterocycles. The van der Waals surface area contributed by atoms with Crippen molar-refractivity contribution in [1.29, 1.82) is 0 Å². The monoisotopic (exact) mass is 489 g/mol. The summed E-state index contributed by atoms with van der Waals surface area (Å²) >= 11 is 2.91. The highest BCUT2D eigenvalue weighted by Gasteiger charge is 2.20. The van der Waals surface area contributed by atoms with Gasteiger partial charge in [-0.1, -0.05) is 36.9 Å². The van der Waals surface area contributed by atoms with E-state index in [2.05, 4.69) is 15.6 Å². The smallest absolute Gasteiger partial charge is 0.255 e. The standard InChI is InChI=1S/C26H23N3O3S2/c1-3-22(25(32)27-19-11-9-17(10-12-19)16(2)30)33-26-29-21-14-13-20(15-23(21)34-26)28-24(31)18-7-5-4-6-8-18/h4-15,22H,3H2,1-2H3,(H,27,32)(H,28,31). The molecule has 1 atom stereocenters. The Kier molecular flexibility index (Phi) is 7.40. The number of thiazole rings is 1. The Morgan fingerprint density at radius 1 is 0.912 bits per heavy atom. The first-order valence-electron chi connectivity index (χ1n) is 10.8. The molecule has 0 saturated carbocycles. The summed E-state index contributed by atoms with van der Waals surface area (Å²) in [6.45, 7) is 3.47. The zero-order valence-electron chi connectivity index (χ0n) is 18.7. The molecule has 0 aliphatic carbocycles. The number of carbonyl (C=O) groups is 3. The van der Waals surface area contributed by atoms with Gasteiger partial charge in [0.2, 0.25) is 5.91 Å². The predicted octanol–water partition coefficient (Wildman–Crippen LogP) is 6.26. The SMILES string of the molecule is CCC(Sc1nc2ccc(NC(=O)c3ccccc3)cc2s1)C(=O)Nc1ccc(C(C)=O)cc1. The number of nitrogens with zero attached hydrogens (tertiary/aromatic N) is 1. The second-order valence-electron chi connectivity index (χ2n) is 7.62. The molecule has 1 heterocycles. The van der Waals surface area contributed by atoms with Crippen molar-refractivity contribution < 1.29 is 14.4 Å². The molecule has 34 heavy (non-hydrogen) atoms. The minimum atomic E-state index is -0.315. The number of rotatable bonds is 8. The molecule has 0 saturated heterocycles. The average molecular weight is 490 g/mol. The zero-order chi connectivity index (χ0) is 24.1. The summed E-state index contributed by atoms with van der Waals surface area (Å²) < 4.78 is 1.72. The van der Waals surface area contributed by atoms with Crippen molar-refractivity contribution in [2.75, 3.05) is 10.6 Å². The molecule has 0 aliphatic rings. The normalized spacial score (nSPS) is 11.7. The van der Waals surface area contributed by atoms with Crippen LogP contribution in [0, 0.1) is 0 Å². The second kappa shape index (κ2) is 10.6. The van der Waals surface area contributed by atoms with Crippen LogP contribution in [0.5, 0.6) is 0 Å². The maximum atomic E-state index is 12.8. The van der Waals surface area contributed by atoms with Crippen LogP contribution in [0.25, 0.3) is 10.2 Å². The number of benzene rings is 3. The number of fused-ring (bicyclic) bond motifs is 1. The first kappa shape index (κ1) is 23.7. The summed E-state index contributed by atoms with van der Waals surface area (Å²) in [4.78, 5) is 41.3. The van der Waals surface area contributed by atoms with Crippen molar-refractivity contribution in [3.8, 4) is 0 Å². The molecule has 2 amide bonds. The van der Waals surface area contributed by atoms with Crippen LogP contribution in [-0.2, 0) is 4.79 Å². The molecule has 0 bridgehead atoms. The van der Waals surface area contributed by atoms with Crippen molar-refractivity contribution in [3.05, 3.63) is 83.9 Å². The van der Waals surface area contributed by atoms with Gasteiger partial charge in [-0.15, -0.1) is 11.3 Å². The van der Waals surface area contributed by atoms with Gasteiger partial charge >= 0.3 is 0 Å².